The van der Waals surface area contributed by atoms with Crippen LogP contribution < -0.4 is 5.32 Å². The molecule has 0 aromatic rings. The van der Waals surface area contributed by atoms with E-state index in [2.05, 4.69) is 30.4 Å². The van der Waals surface area contributed by atoms with E-state index in [9.17, 15) is 0 Å². The molecule has 1 heterocycles. The summed E-state index contributed by atoms with van der Waals surface area (Å²) in [4.78, 5) is 2.39. The van der Waals surface area contributed by atoms with E-state index in [1.807, 2.05) is 7.05 Å². The van der Waals surface area contributed by atoms with E-state index in [-0.39, 0.29) is 0 Å². The highest BCUT2D eigenvalue weighted by Gasteiger charge is 2.15. The molecule has 0 aromatic carbocycles. The van der Waals surface area contributed by atoms with Crippen LogP contribution in [-0.2, 0) is 0 Å². The van der Waals surface area contributed by atoms with E-state index >= 15 is 0 Å². The smallest absolute Gasteiger partial charge is 0.0292 e. The molecule has 1 rings (SSSR count). The Morgan fingerprint density at radius 2 is 2.25 bits per heavy atom. The van der Waals surface area contributed by atoms with Crippen molar-refractivity contribution in [2.24, 2.45) is 0 Å². The van der Waals surface area contributed by atoms with Crippen LogP contribution in [0.25, 0.3) is 0 Å². The van der Waals surface area contributed by atoms with Gasteiger partial charge in [0.2, 0.25) is 0 Å². The van der Waals surface area contributed by atoms with Gasteiger partial charge in [0.15, 0.2) is 0 Å². The van der Waals surface area contributed by atoms with Gasteiger partial charge in [-0.05, 0) is 26.2 Å². The fourth-order valence-corrected chi connectivity index (χ4v) is 1.74. The lowest BCUT2D eigenvalue weighted by molar-refractivity contribution is 0.314. The minimum atomic E-state index is 0.701. The van der Waals surface area contributed by atoms with Gasteiger partial charge in [0.05, 0.1) is 0 Å². The normalized spacial score (nSPS) is 28.8. The van der Waals surface area contributed by atoms with Crippen LogP contribution in [0.2, 0.25) is 0 Å². The van der Waals surface area contributed by atoms with Gasteiger partial charge in [-0.25, -0.2) is 0 Å². The fourth-order valence-electron chi connectivity index (χ4n) is 1.74. The van der Waals surface area contributed by atoms with Crippen LogP contribution in [0.4, 0.5) is 0 Å². The highest BCUT2D eigenvalue weighted by atomic mass is 15.1. The Kier molecular flexibility index (Phi) is 3.45. The molecule has 0 saturated carbocycles. The van der Waals surface area contributed by atoms with Crippen molar-refractivity contribution in [1.82, 2.24) is 10.2 Å². The summed E-state index contributed by atoms with van der Waals surface area (Å²) in [5.41, 5.74) is 1.45. The molecule has 1 unspecified atom stereocenters. The predicted molar refractivity (Wildman–Crippen MR) is 52.8 cm³/mol. The third-order valence-electron chi connectivity index (χ3n) is 2.73. The number of nitrogens with zero attached hydrogens (tertiary/aromatic N) is 1. The van der Waals surface area contributed by atoms with Crippen LogP contribution in [0.5, 0.6) is 0 Å². The zero-order chi connectivity index (χ0) is 8.97. The molecule has 1 N–H and O–H groups in total. The molecule has 0 aliphatic carbocycles. The maximum absolute atomic E-state index is 3.11. The maximum Gasteiger partial charge on any atom is 0.0292 e. The van der Waals surface area contributed by atoms with Crippen LogP contribution >= 0.6 is 0 Å². The largest absolute Gasteiger partial charge is 0.393 e. The van der Waals surface area contributed by atoms with E-state index in [0.29, 0.717) is 6.04 Å². The lowest BCUT2D eigenvalue weighted by atomic mass is 10.1. The van der Waals surface area contributed by atoms with E-state index in [1.165, 1.54) is 31.4 Å². The van der Waals surface area contributed by atoms with Crippen molar-refractivity contribution >= 4 is 0 Å². The molecule has 1 saturated heterocycles. The first-order chi connectivity index (χ1) is 5.75. The molecule has 0 amide bonds. The van der Waals surface area contributed by atoms with Gasteiger partial charge < -0.3 is 10.2 Å². The first kappa shape index (κ1) is 9.43. The minimum absolute atomic E-state index is 0.701. The molecule has 0 aromatic heterocycles. The predicted octanol–water partition coefficient (Wildman–Crippen LogP) is 1.94. The summed E-state index contributed by atoms with van der Waals surface area (Å²) >= 11 is 0. The van der Waals surface area contributed by atoms with E-state index in [1.54, 1.807) is 0 Å². The Hall–Kier alpha value is -0.660. The molecule has 12 heavy (non-hydrogen) atoms. The Balaban J connectivity index is 2.64. The molecule has 0 spiro atoms. The summed E-state index contributed by atoms with van der Waals surface area (Å²) in [7, 11) is 4.16. The Labute approximate surface area is 75.6 Å². The topological polar surface area (TPSA) is 15.3 Å². The van der Waals surface area contributed by atoms with Crippen molar-refractivity contribution in [3.8, 4) is 0 Å². The number of nitrogens with one attached hydrogen (secondary N) is 1. The molecule has 1 fully saturated rings. The molecule has 70 valence electrons. The summed E-state index contributed by atoms with van der Waals surface area (Å²) in [5.74, 6) is 0. The van der Waals surface area contributed by atoms with Gasteiger partial charge >= 0.3 is 0 Å². The molecule has 1 aliphatic heterocycles. The highest BCUT2D eigenvalue weighted by Crippen LogP contribution is 2.22. The number of likely N-dealkylation sites (tertiary alicyclic amines) is 1. The minimum Gasteiger partial charge on any atom is -0.393 e. The van der Waals surface area contributed by atoms with E-state index in [4.69, 9.17) is 0 Å². The first-order valence-corrected chi connectivity index (χ1v) is 4.85. The van der Waals surface area contributed by atoms with Crippen LogP contribution in [0.1, 0.15) is 32.6 Å². The molecule has 1 aliphatic rings. The zero-order valence-electron chi connectivity index (χ0n) is 8.43. The summed E-state index contributed by atoms with van der Waals surface area (Å²) < 4.78 is 0. The average Bonchev–Trinajstić information content (AvgIpc) is 2.20. The number of hydrogen-bond donors (Lipinski definition) is 1. The second kappa shape index (κ2) is 4.39. The van der Waals surface area contributed by atoms with E-state index in [0.717, 1.165) is 0 Å². The molecular formula is C10H20N2. The van der Waals surface area contributed by atoms with Crippen molar-refractivity contribution in [1.29, 1.82) is 0 Å². The SMILES string of the molecule is CN/C=C1\CCCCC(C)N1C. The molecule has 0 bridgehead atoms. The lowest BCUT2D eigenvalue weighted by Gasteiger charge is -2.26. The number of hydrogen-bond acceptors (Lipinski definition) is 2. The van der Waals surface area contributed by atoms with Gasteiger partial charge in [0.25, 0.3) is 0 Å². The summed E-state index contributed by atoms with van der Waals surface area (Å²) in [6.07, 6.45) is 7.38. The van der Waals surface area contributed by atoms with Gasteiger partial charge in [-0.2, -0.15) is 0 Å². The summed E-state index contributed by atoms with van der Waals surface area (Å²) in [6, 6.07) is 0.701. The summed E-state index contributed by atoms with van der Waals surface area (Å²) in [5, 5.41) is 3.11. The van der Waals surface area contributed by atoms with Crippen molar-refractivity contribution in [2.75, 3.05) is 14.1 Å². The van der Waals surface area contributed by atoms with Crippen molar-refractivity contribution in [2.45, 2.75) is 38.6 Å². The molecule has 2 nitrogen and oxygen atoms in total. The van der Waals surface area contributed by atoms with Gasteiger partial charge in [0.1, 0.15) is 0 Å². The Morgan fingerprint density at radius 1 is 1.50 bits per heavy atom. The molecular weight excluding hydrogens is 148 g/mol. The zero-order valence-corrected chi connectivity index (χ0v) is 8.43. The van der Waals surface area contributed by atoms with Crippen LogP contribution in [0.3, 0.4) is 0 Å². The maximum atomic E-state index is 3.11. The second-order valence-corrected chi connectivity index (χ2v) is 3.63. The molecule has 2 heteroatoms. The monoisotopic (exact) mass is 168 g/mol. The highest BCUT2D eigenvalue weighted by molar-refractivity contribution is 5.01. The second-order valence-electron chi connectivity index (χ2n) is 3.63. The first-order valence-electron chi connectivity index (χ1n) is 4.85. The van der Waals surface area contributed by atoms with Crippen LogP contribution in [-0.4, -0.2) is 25.0 Å². The number of rotatable bonds is 1. The Morgan fingerprint density at radius 3 is 2.92 bits per heavy atom. The van der Waals surface area contributed by atoms with Gasteiger partial charge in [0, 0.05) is 32.0 Å². The van der Waals surface area contributed by atoms with Crippen LogP contribution in [0, 0.1) is 0 Å². The average molecular weight is 168 g/mol. The third-order valence-corrected chi connectivity index (χ3v) is 2.73. The number of allylic oxidation sites excluding steroid dienone is 1. The Bertz CT molecular complexity index is 163. The van der Waals surface area contributed by atoms with Crippen molar-refractivity contribution < 1.29 is 0 Å². The van der Waals surface area contributed by atoms with Gasteiger partial charge in [-0.3, -0.25) is 0 Å². The van der Waals surface area contributed by atoms with Gasteiger partial charge in [-0.1, -0.05) is 6.42 Å². The van der Waals surface area contributed by atoms with E-state index < -0.39 is 0 Å². The fraction of sp³-hybridized carbons (Fsp3) is 0.800. The van der Waals surface area contributed by atoms with Crippen molar-refractivity contribution in [3.63, 3.8) is 0 Å². The third kappa shape index (κ3) is 2.16. The van der Waals surface area contributed by atoms with Crippen LogP contribution in [0.15, 0.2) is 11.9 Å². The van der Waals surface area contributed by atoms with Gasteiger partial charge in [-0.15, -0.1) is 0 Å². The lowest BCUT2D eigenvalue weighted by Crippen LogP contribution is -2.27. The quantitative estimate of drug-likeness (QED) is 0.643. The standard InChI is InChI=1S/C10H20N2/c1-9-6-4-5-7-10(8-11-2)12(9)3/h8-9,11H,4-7H2,1-3H3/b10-8+. The molecule has 0 radical (unpaired) electrons. The van der Waals surface area contributed by atoms with Crippen molar-refractivity contribution in [3.05, 3.63) is 11.9 Å². The molecule has 1 atom stereocenters. The summed E-state index contributed by atoms with van der Waals surface area (Å²) in [6.45, 7) is 2.30.